The molecule has 1 aromatic heterocycles. The van der Waals surface area contributed by atoms with Gasteiger partial charge in [-0.25, -0.2) is 4.39 Å². The molecule has 3 rings (SSSR count). The van der Waals surface area contributed by atoms with E-state index < -0.39 is 5.82 Å². The predicted molar refractivity (Wildman–Crippen MR) is 110 cm³/mol. The number of rotatable bonds is 7. The Morgan fingerprint density at radius 1 is 1.10 bits per heavy atom. The van der Waals surface area contributed by atoms with Crippen molar-refractivity contribution in [2.45, 2.75) is 19.0 Å². The maximum absolute atomic E-state index is 14.0. The molecule has 0 spiro atoms. The van der Waals surface area contributed by atoms with Gasteiger partial charge in [-0.05, 0) is 43.2 Å². The molecular weight excluding hydrogens is 393 g/mol. The number of aryl methyl sites for hydroxylation is 1. The van der Waals surface area contributed by atoms with Crippen LogP contribution in [0, 0.1) is 19.7 Å². The Kier molecular flexibility index (Phi) is 6.61. The van der Waals surface area contributed by atoms with Crippen LogP contribution in [0.1, 0.15) is 11.1 Å². The van der Waals surface area contributed by atoms with Crippen molar-refractivity contribution in [3.63, 3.8) is 0 Å². The first-order valence-electron chi connectivity index (χ1n) is 8.86. The van der Waals surface area contributed by atoms with Crippen molar-refractivity contribution in [3.8, 4) is 5.69 Å². The van der Waals surface area contributed by atoms with Crippen LogP contribution in [-0.2, 0) is 9.59 Å². The smallest absolute Gasteiger partial charge is 0.243 e. The molecule has 7 nitrogen and oxygen atoms in total. The third kappa shape index (κ3) is 5.20. The molecular formula is C20H20FN5O2S. The molecule has 0 aliphatic heterocycles. The van der Waals surface area contributed by atoms with Crippen molar-refractivity contribution in [2.75, 3.05) is 17.6 Å². The number of hydrogen-bond acceptors (Lipinski definition) is 5. The van der Waals surface area contributed by atoms with Crippen LogP contribution in [0.25, 0.3) is 5.69 Å². The summed E-state index contributed by atoms with van der Waals surface area (Å²) in [4.78, 5) is 24.2. The first-order chi connectivity index (χ1) is 14.0. The molecule has 9 heteroatoms. The molecule has 0 unspecified atom stereocenters. The second-order valence-corrected chi connectivity index (χ2v) is 7.24. The maximum atomic E-state index is 14.0. The SMILES string of the molecule is Cc1cccc(NC(=O)CNC(=O)CSc2nncn2-c2ccccc2F)c1C. The molecule has 0 radical (unpaired) electrons. The zero-order valence-corrected chi connectivity index (χ0v) is 16.8. The number of thioether (sulfide) groups is 1. The van der Waals surface area contributed by atoms with Gasteiger partial charge in [0.2, 0.25) is 11.8 Å². The minimum atomic E-state index is -0.415. The molecule has 0 aliphatic carbocycles. The Labute approximate surface area is 171 Å². The maximum Gasteiger partial charge on any atom is 0.243 e. The van der Waals surface area contributed by atoms with E-state index in [1.165, 1.54) is 17.0 Å². The number of carbonyl (C=O) groups is 2. The van der Waals surface area contributed by atoms with Crippen LogP contribution in [0.5, 0.6) is 0 Å². The summed E-state index contributed by atoms with van der Waals surface area (Å²) in [6, 6.07) is 11.9. The predicted octanol–water partition coefficient (Wildman–Crippen LogP) is 2.87. The average molecular weight is 413 g/mol. The van der Waals surface area contributed by atoms with Crippen LogP contribution in [0.3, 0.4) is 0 Å². The Morgan fingerprint density at radius 2 is 1.90 bits per heavy atom. The summed E-state index contributed by atoms with van der Waals surface area (Å²) in [5.41, 5.74) is 3.07. The van der Waals surface area contributed by atoms with Crippen molar-refractivity contribution >= 4 is 29.3 Å². The van der Waals surface area contributed by atoms with E-state index >= 15 is 0 Å². The molecule has 1 heterocycles. The van der Waals surface area contributed by atoms with Crippen molar-refractivity contribution in [1.29, 1.82) is 0 Å². The minimum Gasteiger partial charge on any atom is -0.346 e. The normalized spacial score (nSPS) is 10.6. The molecule has 3 aromatic rings. The van der Waals surface area contributed by atoms with Crippen LogP contribution in [0.4, 0.5) is 10.1 Å². The van der Waals surface area contributed by atoms with Gasteiger partial charge in [0.1, 0.15) is 12.1 Å². The quantitative estimate of drug-likeness (QED) is 0.582. The molecule has 2 N–H and O–H groups in total. The number of nitrogens with one attached hydrogen (secondary N) is 2. The third-order valence-corrected chi connectivity index (χ3v) is 5.23. The fourth-order valence-electron chi connectivity index (χ4n) is 2.58. The van der Waals surface area contributed by atoms with Crippen molar-refractivity contribution in [3.05, 3.63) is 65.7 Å². The van der Waals surface area contributed by atoms with Crippen molar-refractivity contribution < 1.29 is 14.0 Å². The van der Waals surface area contributed by atoms with Gasteiger partial charge in [0.05, 0.1) is 18.0 Å². The highest BCUT2D eigenvalue weighted by molar-refractivity contribution is 7.99. The van der Waals surface area contributed by atoms with Crippen LogP contribution in [0.2, 0.25) is 0 Å². The molecule has 0 saturated carbocycles. The zero-order valence-electron chi connectivity index (χ0n) is 16.0. The number of halogens is 1. The lowest BCUT2D eigenvalue weighted by molar-refractivity contribution is -0.122. The first kappa shape index (κ1) is 20.5. The molecule has 0 fully saturated rings. The summed E-state index contributed by atoms with van der Waals surface area (Å²) in [5, 5.41) is 13.4. The molecule has 0 atom stereocenters. The zero-order chi connectivity index (χ0) is 20.8. The molecule has 2 aromatic carbocycles. The molecule has 29 heavy (non-hydrogen) atoms. The fourth-order valence-corrected chi connectivity index (χ4v) is 3.33. The average Bonchev–Trinajstić information content (AvgIpc) is 3.17. The van der Waals surface area contributed by atoms with Crippen molar-refractivity contribution in [2.24, 2.45) is 0 Å². The van der Waals surface area contributed by atoms with E-state index in [0.717, 1.165) is 28.6 Å². The van der Waals surface area contributed by atoms with E-state index in [4.69, 9.17) is 0 Å². The molecule has 0 saturated heterocycles. The number of hydrogen-bond donors (Lipinski definition) is 2. The lowest BCUT2D eigenvalue weighted by atomic mass is 10.1. The number of amides is 2. The Hall–Kier alpha value is -3.20. The van der Waals surface area contributed by atoms with Gasteiger partial charge in [0, 0.05) is 5.69 Å². The van der Waals surface area contributed by atoms with Gasteiger partial charge in [0.15, 0.2) is 5.16 Å². The summed E-state index contributed by atoms with van der Waals surface area (Å²) in [7, 11) is 0. The lowest BCUT2D eigenvalue weighted by Gasteiger charge is -2.11. The standard InChI is InChI=1S/C20H20FN5O2S/c1-13-6-5-8-16(14(13)2)24-18(27)10-22-19(28)11-29-20-25-23-12-26(20)17-9-4-3-7-15(17)21/h3-9,12H,10-11H2,1-2H3,(H,22,28)(H,24,27). The second-order valence-electron chi connectivity index (χ2n) is 6.30. The van der Waals surface area contributed by atoms with Gasteiger partial charge in [-0.15, -0.1) is 10.2 Å². The number of anilines is 1. The Morgan fingerprint density at radius 3 is 2.69 bits per heavy atom. The summed E-state index contributed by atoms with van der Waals surface area (Å²) >= 11 is 1.10. The number of nitrogens with zero attached hydrogens (tertiary/aromatic N) is 3. The summed E-state index contributed by atoms with van der Waals surface area (Å²) in [5.74, 6) is -1.05. The summed E-state index contributed by atoms with van der Waals surface area (Å²) in [6.07, 6.45) is 1.39. The topological polar surface area (TPSA) is 88.9 Å². The molecule has 2 amide bonds. The fraction of sp³-hybridized carbons (Fsp3) is 0.200. The van der Waals surface area contributed by atoms with Gasteiger partial charge in [-0.2, -0.15) is 0 Å². The van der Waals surface area contributed by atoms with Gasteiger partial charge < -0.3 is 10.6 Å². The van der Waals surface area contributed by atoms with E-state index in [2.05, 4.69) is 20.8 Å². The van der Waals surface area contributed by atoms with Crippen LogP contribution >= 0.6 is 11.8 Å². The lowest BCUT2D eigenvalue weighted by Crippen LogP contribution is -2.34. The largest absolute Gasteiger partial charge is 0.346 e. The van der Waals surface area contributed by atoms with Gasteiger partial charge >= 0.3 is 0 Å². The van der Waals surface area contributed by atoms with E-state index in [1.807, 2.05) is 32.0 Å². The van der Waals surface area contributed by atoms with Gasteiger partial charge in [-0.1, -0.05) is 36.0 Å². The number of aromatic nitrogens is 3. The Bertz CT molecular complexity index is 1040. The molecule has 150 valence electrons. The van der Waals surface area contributed by atoms with Crippen LogP contribution in [0.15, 0.2) is 53.9 Å². The van der Waals surface area contributed by atoms with Crippen LogP contribution < -0.4 is 10.6 Å². The third-order valence-electron chi connectivity index (χ3n) is 4.29. The van der Waals surface area contributed by atoms with E-state index in [-0.39, 0.29) is 24.1 Å². The first-order valence-corrected chi connectivity index (χ1v) is 9.84. The van der Waals surface area contributed by atoms with E-state index in [1.54, 1.807) is 18.2 Å². The highest BCUT2D eigenvalue weighted by Crippen LogP contribution is 2.21. The number of benzene rings is 2. The highest BCUT2D eigenvalue weighted by Gasteiger charge is 2.13. The highest BCUT2D eigenvalue weighted by atomic mass is 32.2. The monoisotopic (exact) mass is 413 g/mol. The summed E-state index contributed by atoms with van der Waals surface area (Å²) in [6.45, 7) is 3.74. The summed E-state index contributed by atoms with van der Waals surface area (Å²) < 4.78 is 15.4. The Balaban J connectivity index is 1.51. The van der Waals surface area contributed by atoms with Crippen molar-refractivity contribution in [1.82, 2.24) is 20.1 Å². The number of carbonyl (C=O) groups excluding carboxylic acids is 2. The van der Waals surface area contributed by atoms with Gasteiger partial charge in [0.25, 0.3) is 0 Å². The van der Waals surface area contributed by atoms with Gasteiger partial charge in [-0.3, -0.25) is 14.2 Å². The molecule has 0 aliphatic rings. The second kappa shape index (κ2) is 9.33. The molecule has 0 bridgehead atoms. The van der Waals surface area contributed by atoms with E-state index in [0.29, 0.717) is 10.8 Å². The van der Waals surface area contributed by atoms with Crippen LogP contribution in [-0.4, -0.2) is 38.9 Å². The number of para-hydroxylation sites is 1. The van der Waals surface area contributed by atoms with E-state index in [9.17, 15) is 14.0 Å². The minimum absolute atomic E-state index is 0.0178.